The molecule has 0 fully saturated rings. The molecular weight excluding hydrogens is 286 g/mol. The van der Waals surface area contributed by atoms with E-state index in [1.807, 2.05) is 74.5 Å². The summed E-state index contributed by atoms with van der Waals surface area (Å²) in [5.74, 6) is -0.799. The molecule has 3 rings (SSSR count). The molecule has 116 valence electrons. The molecule has 0 saturated heterocycles. The normalized spacial score (nSPS) is 10.9. The van der Waals surface area contributed by atoms with Gasteiger partial charge in [0.1, 0.15) is 0 Å². The molecule has 0 bridgehead atoms. The van der Waals surface area contributed by atoms with Crippen molar-refractivity contribution in [1.82, 2.24) is 4.98 Å². The number of benzene rings is 2. The Labute approximate surface area is 135 Å². The number of hydrogen-bond donors (Lipinski definition) is 2. The maximum absolute atomic E-state index is 11.9. The lowest BCUT2D eigenvalue weighted by Gasteiger charge is -2.07. The summed E-state index contributed by atoms with van der Waals surface area (Å²) in [4.78, 5) is 15.3. The fraction of sp³-hybridized carbons (Fsp3) is 0.150. The van der Waals surface area contributed by atoms with Crippen LogP contribution < -0.4 is 0 Å². The monoisotopic (exact) mass is 305 g/mol. The number of hydrogen-bond acceptors (Lipinski definition) is 1. The Morgan fingerprint density at radius 3 is 1.91 bits per heavy atom. The van der Waals surface area contributed by atoms with Crippen molar-refractivity contribution in [3.63, 3.8) is 0 Å². The maximum atomic E-state index is 11.9. The van der Waals surface area contributed by atoms with Crippen LogP contribution in [0.3, 0.4) is 0 Å². The number of carbonyl (C=O) groups is 1. The first-order valence-corrected chi connectivity index (χ1v) is 7.69. The van der Waals surface area contributed by atoms with Crippen LogP contribution >= 0.6 is 0 Å². The molecule has 0 amide bonds. The smallest absolute Gasteiger partial charge is 0.338 e. The van der Waals surface area contributed by atoms with Gasteiger partial charge in [-0.3, -0.25) is 0 Å². The van der Waals surface area contributed by atoms with E-state index in [1.165, 1.54) is 0 Å². The molecule has 0 unspecified atom stereocenters. The van der Waals surface area contributed by atoms with Crippen LogP contribution in [-0.4, -0.2) is 16.1 Å². The van der Waals surface area contributed by atoms with Crippen molar-refractivity contribution in [2.45, 2.75) is 19.8 Å². The summed E-state index contributed by atoms with van der Waals surface area (Å²) in [6.07, 6.45) is 0. The third-order valence-electron chi connectivity index (χ3n) is 3.95. The Hall–Kier alpha value is -2.81. The Morgan fingerprint density at radius 2 is 1.43 bits per heavy atom. The second-order valence-corrected chi connectivity index (χ2v) is 5.86. The van der Waals surface area contributed by atoms with Crippen LogP contribution in [0.5, 0.6) is 0 Å². The number of nitrogens with one attached hydrogen (secondary N) is 1. The van der Waals surface area contributed by atoms with E-state index in [1.54, 1.807) is 0 Å². The van der Waals surface area contributed by atoms with Crippen LogP contribution in [0.25, 0.3) is 22.4 Å². The van der Waals surface area contributed by atoms with E-state index in [0.717, 1.165) is 28.1 Å². The van der Waals surface area contributed by atoms with Gasteiger partial charge in [-0.25, -0.2) is 4.79 Å². The molecule has 3 aromatic rings. The van der Waals surface area contributed by atoms with Crippen LogP contribution in [-0.2, 0) is 0 Å². The van der Waals surface area contributed by atoms with Gasteiger partial charge in [-0.05, 0) is 17.0 Å². The van der Waals surface area contributed by atoms with Crippen LogP contribution in [0, 0.1) is 0 Å². The highest BCUT2D eigenvalue weighted by molar-refractivity contribution is 6.02. The molecule has 0 atom stereocenters. The molecule has 0 aliphatic heterocycles. The van der Waals surface area contributed by atoms with Gasteiger partial charge >= 0.3 is 5.97 Å². The molecule has 2 N–H and O–H groups in total. The van der Waals surface area contributed by atoms with Gasteiger partial charge in [0.15, 0.2) is 0 Å². The Bertz CT molecular complexity index is 818. The molecule has 1 heterocycles. The summed E-state index contributed by atoms with van der Waals surface area (Å²) in [7, 11) is 0. The van der Waals surface area contributed by atoms with Crippen molar-refractivity contribution in [2.24, 2.45) is 0 Å². The van der Waals surface area contributed by atoms with Crippen LogP contribution in [0.1, 0.15) is 35.8 Å². The van der Waals surface area contributed by atoms with Gasteiger partial charge in [-0.1, -0.05) is 74.5 Å². The molecule has 0 spiro atoms. The lowest BCUT2D eigenvalue weighted by Crippen LogP contribution is -2.03. The standard InChI is InChI=1S/C20H19NO2/c1-13(2)18-17(20(22)23)16(14-9-5-3-6-10-14)19(21-18)15-11-7-4-8-12-15/h3-13,21H,1-2H3,(H,22,23). The van der Waals surface area contributed by atoms with E-state index >= 15 is 0 Å². The highest BCUT2D eigenvalue weighted by atomic mass is 16.4. The lowest BCUT2D eigenvalue weighted by molar-refractivity contribution is 0.0696. The van der Waals surface area contributed by atoms with E-state index in [2.05, 4.69) is 4.98 Å². The van der Waals surface area contributed by atoms with Gasteiger partial charge in [-0.15, -0.1) is 0 Å². The first-order chi connectivity index (χ1) is 11.1. The van der Waals surface area contributed by atoms with E-state index in [0.29, 0.717) is 5.56 Å². The van der Waals surface area contributed by atoms with Crippen molar-refractivity contribution in [1.29, 1.82) is 0 Å². The zero-order chi connectivity index (χ0) is 16.4. The van der Waals surface area contributed by atoms with Crippen molar-refractivity contribution in [3.8, 4) is 22.4 Å². The number of H-pyrrole nitrogens is 1. The first-order valence-electron chi connectivity index (χ1n) is 7.69. The van der Waals surface area contributed by atoms with E-state index in [-0.39, 0.29) is 5.92 Å². The number of aromatic amines is 1. The van der Waals surface area contributed by atoms with Crippen molar-refractivity contribution < 1.29 is 9.90 Å². The van der Waals surface area contributed by atoms with Crippen LogP contribution in [0.2, 0.25) is 0 Å². The molecule has 1 aromatic heterocycles. The molecule has 23 heavy (non-hydrogen) atoms. The second kappa shape index (κ2) is 6.13. The zero-order valence-electron chi connectivity index (χ0n) is 13.2. The molecular formula is C20H19NO2. The molecule has 3 nitrogen and oxygen atoms in total. The van der Waals surface area contributed by atoms with E-state index in [9.17, 15) is 9.90 Å². The van der Waals surface area contributed by atoms with Crippen LogP contribution in [0.4, 0.5) is 0 Å². The minimum absolute atomic E-state index is 0.0982. The van der Waals surface area contributed by atoms with E-state index in [4.69, 9.17) is 0 Å². The molecule has 0 aliphatic carbocycles. The topological polar surface area (TPSA) is 53.1 Å². The number of rotatable bonds is 4. The maximum Gasteiger partial charge on any atom is 0.338 e. The summed E-state index contributed by atoms with van der Waals surface area (Å²) in [6.45, 7) is 4.00. The summed E-state index contributed by atoms with van der Waals surface area (Å²) >= 11 is 0. The largest absolute Gasteiger partial charge is 0.478 e. The van der Waals surface area contributed by atoms with Gasteiger partial charge in [0, 0.05) is 11.3 Å². The number of carboxylic acids is 1. The average Bonchev–Trinajstić information content (AvgIpc) is 2.97. The third kappa shape index (κ3) is 2.78. The highest BCUT2D eigenvalue weighted by Crippen LogP contribution is 2.38. The third-order valence-corrected chi connectivity index (χ3v) is 3.95. The predicted molar refractivity (Wildman–Crippen MR) is 92.7 cm³/mol. The van der Waals surface area contributed by atoms with Gasteiger partial charge in [-0.2, -0.15) is 0 Å². The Morgan fingerprint density at radius 1 is 0.913 bits per heavy atom. The Kier molecular flexibility index (Phi) is 4.02. The molecule has 0 radical (unpaired) electrons. The quantitative estimate of drug-likeness (QED) is 0.698. The van der Waals surface area contributed by atoms with Crippen molar-refractivity contribution in [3.05, 3.63) is 71.9 Å². The molecule has 0 saturated carbocycles. The van der Waals surface area contributed by atoms with Gasteiger partial charge in [0.05, 0.1) is 11.3 Å². The average molecular weight is 305 g/mol. The zero-order valence-corrected chi connectivity index (χ0v) is 13.2. The molecule has 3 heteroatoms. The summed E-state index contributed by atoms with van der Waals surface area (Å²) in [5, 5.41) is 9.80. The summed E-state index contributed by atoms with van der Waals surface area (Å²) < 4.78 is 0. The second-order valence-electron chi connectivity index (χ2n) is 5.86. The molecule has 2 aromatic carbocycles. The minimum atomic E-state index is -0.897. The van der Waals surface area contributed by atoms with Crippen molar-refractivity contribution >= 4 is 5.97 Å². The lowest BCUT2D eigenvalue weighted by atomic mass is 9.95. The molecule has 0 aliphatic rings. The number of aromatic carboxylic acids is 1. The van der Waals surface area contributed by atoms with Gasteiger partial charge in [0.2, 0.25) is 0 Å². The van der Waals surface area contributed by atoms with E-state index < -0.39 is 5.97 Å². The first kappa shape index (κ1) is 15.1. The summed E-state index contributed by atoms with van der Waals surface area (Å²) in [5.41, 5.74) is 4.64. The number of aromatic nitrogens is 1. The SMILES string of the molecule is CC(C)c1[nH]c(-c2ccccc2)c(-c2ccccc2)c1C(=O)O. The van der Waals surface area contributed by atoms with Crippen LogP contribution in [0.15, 0.2) is 60.7 Å². The van der Waals surface area contributed by atoms with Gasteiger partial charge < -0.3 is 10.1 Å². The fourth-order valence-corrected chi connectivity index (χ4v) is 2.89. The Balaban J connectivity index is 2.36. The van der Waals surface area contributed by atoms with Gasteiger partial charge in [0.25, 0.3) is 0 Å². The highest BCUT2D eigenvalue weighted by Gasteiger charge is 2.25. The minimum Gasteiger partial charge on any atom is -0.478 e. The number of carboxylic acid groups (broad SMARTS) is 1. The predicted octanol–water partition coefficient (Wildman–Crippen LogP) is 5.17. The van der Waals surface area contributed by atoms with Crippen molar-refractivity contribution in [2.75, 3.05) is 0 Å². The fourth-order valence-electron chi connectivity index (χ4n) is 2.89. The summed E-state index contributed by atoms with van der Waals surface area (Å²) in [6, 6.07) is 19.6.